The third-order valence-corrected chi connectivity index (χ3v) is 20.9. The van der Waals surface area contributed by atoms with E-state index in [0.29, 0.717) is 5.56 Å². The standard InChI is InChI=1S/C74H79Cl2N11O24S/c1-28(2)17-40(79-5)64(97)84-55-57(92)32-12-15-44(38(75)19-32)106-46-21-34-22-47(61(46)110-72-62(109-50-26-74(4,78)63(96)29(3)105-50)60(95)59(94)48(108-72)27-112-73-87-86-70(111-73)30-9-7-6-8-10-30)107-45-16-13-33(20-39(45)76)58(93)56-69(102)83-54(71(103)104)37-23-35(88)24-43(90)51(37)36-18-31(11-14-42(36)89)52(66(99)85-56)82-67(100)53(34)81-65(98)41(25-49(77)91)80-68(55)101/h6-16,18-24,28-29,40-41,48,50,52-60,62-63,72,79,88-90,92-96H,17,25-27,78H2,1-5H3,(H2,77,91)(H,80,101)(H,81,98)(H,82,100)(H,83,102)(H,84,97)(H,85,99)(H,103,104)/t29?,40-,41+,48?,50?,52?,53?,54-,55-,56+,57-,58-,59?,60?,62?,63?,72?,74?/m1/s1. The number of benzene rings is 6. The van der Waals surface area contributed by atoms with Gasteiger partial charge in [0.2, 0.25) is 59.3 Å². The average Bonchev–Trinajstić information content (AvgIpc) is 0.766. The van der Waals surface area contributed by atoms with Crippen molar-refractivity contribution in [2.45, 2.75) is 161 Å². The molecule has 7 aliphatic rings. The van der Waals surface area contributed by atoms with Crippen LogP contribution in [0.3, 0.4) is 0 Å². The number of likely N-dealkylation sites (N-methyl/N-ethyl adjacent to an activating group) is 1. The van der Waals surface area contributed by atoms with Crippen LogP contribution in [0.4, 0.5) is 0 Å². The molecule has 7 aromatic rings. The summed E-state index contributed by atoms with van der Waals surface area (Å²) in [4.78, 5) is 118. The van der Waals surface area contributed by atoms with E-state index >= 15 is 14.4 Å². The number of hydrogen-bond donors (Lipinski definition) is 18. The lowest BCUT2D eigenvalue weighted by Gasteiger charge is -2.47. The third kappa shape index (κ3) is 17.4. The van der Waals surface area contributed by atoms with E-state index in [2.05, 4.69) is 47.4 Å². The van der Waals surface area contributed by atoms with Gasteiger partial charge < -0.3 is 127 Å². The number of thioether (sulfide) groups is 1. The second-order valence-electron chi connectivity index (χ2n) is 28.1. The number of aliphatic carboxylic acids is 1. The van der Waals surface area contributed by atoms with Crippen molar-refractivity contribution in [2.75, 3.05) is 12.8 Å². The Labute approximate surface area is 650 Å². The summed E-state index contributed by atoms with van der Waals surface area (Å²) in [6, 6.07) is 8.20. The fourth-order valence-electron chi connectivity index (χ4n) is 13.6. The Hall–Kier alpha value is -10.5. The first-order valence-electron chi connectivity index (χ1n) is 35.0. The minimum absolute atomic E-state index is 0.0130. The van der Waals surface area contributed by atoms with Crippen molar-refractivity contribution in [3.05, 3.63) is 147 Å². The second-order valence-corrected chi connectivity index (χ2v) is 29.9. The van der Waals surface area contributed by atoms with E-state index in [1.54, 1.807) is 30.3 Å². The molecule has 0 aliphatic carbocycles. The normalized spacial score (nSPS) is 27.7. The summed E-state index contributed by atoms with van der Waals surface area (Å²) >= 11 is 15.2. The third-order valence-electron chi connectivity index (χ3n) is 19.4. The first-order valence-corrected chi connectivity index (χ1v) is 36.8. The Kier molecular flexibility index (Phi) is 24.2. The lowest BCUT2D eigenvalue weighted by Crippen LogP contribution is -2.64. The number of aromatic nitrogens is 2. The van der Waals surface area contributed by atoms with Crippen molar-refractivity contribution >= 4 is 82.3 Å². The van der Waals surface area contributed by atoms with Gasteiger partial charge in [-0.15, -0.1) is 10.2 Å². The second kappa shape index (κ2) is 33.5. The van der Waals surface area contributed by atoms with E-state index in [-0.39, 0.29) is 63.1 Å². The first kappa shape index (κ1) is 81.1. The van der Waals surface area contributed by atoms with Gasteiger partial charge >= 0.3 is 5.97 Å². The number of rotatable bonds is 16. The number of phenols is 3. The van der Waals surface area contributed by atoms with Gasteiger partial charge in [-0.2, -0.15) is 0 Å². The van der Waals surface area contributed by atoms with Gasteiger partial charge in [0.25, 0.3) is 5.22 Å². The van der Waals surface area contributed by atoms with Gasteiger partial charge in [0.1, 0.15) is 83.4 Å². The lowest BCUT2D eigenvalue weighted by molar-refractivity contribution is -0.329. The van der Waals surface area contributed by atoms with Crippen molar-refractivity contribution in [2.24, 2.45) is 17.4 Å². The molecule has 594 valence electrons. The number of aliphatic hydroxyl groups excluding tert-OH is 5. The number of aromatic hydroxyl groups is 3. The van der Waals surface area contributed by atoms with E-state index in [0.717, 1.165) is 78.5 Å². The van der Waals surface area contributed by atoms with Crippen LogP contribution in [0.5, 0.6) is 46.0 Å². The number of hydrogen-bond acceptors (Lipinski definition) is 28. The Morgan fingerprint density at radius 3 is 1.97 bits per heavy atom. The van der Waals surface area contributed by atoms with Crippen LogP contribution < -0.4 is 62.9 Å². The molecule has 0 saturated carbocycles. The number of halogens is 2. The van der Waals surface area contributed by atoms with Crippen LogP contribution in [-0.2, 0) is 52.6 Å². The fraction of sp³-hybridized carbons (Fsp3) is 0.378. The molecular formula is C74H79Cl2N11O24S. The quantitative estimate of drug-likeness (QED) is 0.0618. The number of fused-ring (bicyclic) bond motifs is 15. The Bertz CT molecular complexity index is 4790. The highest BCUT2D eigenvalue weighted by molar-refractivity contribution is 7.99. The zero-order valence-electron chi connectivity index (χ0n) is 60.0. The van der Waals surface area contributed by atoms with Gasteiger partial charge in [0.05, 0.1) is 40.8 Å². The number of carbonyl (C=O) groups excluding carboxylic acids is 7. The molecule has 11 unspecified atom stereocenters. The number of aliphatic hydroxyl groups is 5. The predicted molar refractivity (Wildman–Crippen MR) is 393 cm³/mol. The van der Waals surface area contributed by atoms with Crippen molar-refractivity contribution < 1.29 is 117 Å². The predicted octanol–water partition coefficient (Wildman–Crippen LogP) is 2.96. The molecule has 7 aliphatic heterocycles. The van der Waals surface area contributed by atoms with Crippen LogP contribution in [0.1, 0.15) is 105 Å². The number of nitrogens with one attached hydrogen (secondary N) is 7. The largest absolute Gasteiger partial charge is 0.508 e. The Balaban J connectivity index is 1.08. The van der Waals surface area contributed by atoms with Crippen LogP contribution in [0.25, 0.3) is 22.6 Å². The van der Waals surface area contributed by atoms with Crippen molar-refractivity contribution in [3.8, 4) is 68.6 Å². The number of carbonyl (C=O) groups is 8. The summed E-state index contributed by atoms with van der Waals surface area (Å²) in [5, 5.41) is 130. The number of primary amides is 1. The van der Waals surface area contributed by atoms with Crippen LogP contribution in [0.2, 0.25) is 10.0 Å². The summed E-state index contributed by atoms with van der Waals surface area (Å²) in [6.45, 7) is 6.68. The number of nitrogens with two attached hydrogens (primary N) is 2. The monoisotopic (exact) mass is 1610 g/mol. The maximum Gasteiger partial charge on any atom is 0.330 e. The van der Waals surface area contributed by atoms with Gasteiger partial charge in [0, 0.05) is 46.0 Å². The molecule has 2 fully saturated rings. The molecular weight excluding hydrogens is 1530 g/mol. The van der Waals surface area contributed by atoms with E-state index < -0.39 is 231 Å². The van der Waals surface area contributed by atoms with Crippen LogP contribution in [0.15, 0.2) is 119 Å². The molecule has 7 amide bonds. The van der Waals surface area contributed by atoms with Gasteiger partial charge in [-0.05, 0) is 122 Å². The van der Waals surface area contributed by atoms with E-state index in [1.165, 1.54) is 33.0 Å². The number of nitrogens with zero attached hydrogens (tertiary/aromatic N) is 2. The van der Waals surface area contributed by atoms with Gasteiger partial charge in [-0.25, -0.2) is 4.79 Å². The molecule has 6 aromatic carbocycles. The minimum atomic E-state index is -2.36. The maximum absolute atomic E-state index is 16.2. The molecule has 11 bridgehead atoms. The van der Waals surface area contributed by atoms with Crippen molar-refractivity contribution in [1.82, 2.24) is 47.4 Å². The molecule has 112 heavy (non-hydrogen) atoms. The minimum Gasteiger partial charge on any atom is -0.508 e. The maximum atomic E-state index is 16.2. The van der Waals surface area contributed by atoms with E-state index in [9.17, 15) is 69.9 Å². The van der Waals surface area contributed by atoms with Gasteiger partial charge in [-0.1, -0.05) is 85.2 Å². The molecule has 20 N–H and O–H groups in total. The highest BCUT2D eigenvalue weighted by Gasteiger charge is 2.52. The number of phenolic OH excluding ortho intramolecular Hbond substituents is 3. The molecule has 14 rings (SSSR count). The molecule has 18 atom stereocenters. The van der Waals surface area contributed by atoms with Crippen LogP contribution >= 0.6 is 35.0 Å². The topological polar surface area (TPSA) is 549 Å². The SMILES string of the molecule is CN[C@H](CC(C)C)C(=O)N[C@H]1C(=O)N[C@@H](CC(N)=O)C(=O)NC2C(=O)NC3C(=O)N[C@H](C(=O)N[C@@H](C(=O)O)c4cc(O)cc(O)c4-c4cc3ccc4O)[C@H](O)c3ccc(c(Cl)c3)Oc3cc2cc(c3OC2OC(CSc3nnc(-c4ccccc4)o3)C(O)C(O)C2OC2CC(C)(N)C(O)C(C)O2)Oc2ccc(cc2Cl)[C@H]1O. The van der Waals surface area contributed by atoms with Gasteiger partial charge in [0.15, 0.2) is 29.9 Å². The highest BCUT2D eigenvalue weighted by Crippen LogP contribution is 2.50. The molecule has 8 heterocycles. The van der Waals surface area contributed by atoms with Crippen LogP contribution in [-0.4, -0.2) is 195 Å². The molecule has 0 spiro atoms. The average molecular weight is 1610 g/mol. The van der Waals surface area contributed by atoms with Gasteiger partial charge in [-0.3, -0.25) is 33.6 Å². The number of carboxylic acids is 1. The Morgan fingerprint density at radius 1 is 0.714 bits per heavy atom. The smallest absolute Gasteiger partial charge is 0.330 e. The summed E-state index contributed by atoms with van der Waals surface area (Å²) < 4.78 is 45.6. The zero-order chi connectivity index (χ0) is 80.6. The lowest BCUT2D eigenvalue weighted by atomic mass is 9.86. The number of amides is 7. The van der Waals surface area contributed by atoms with Crippen LogP contribution in [0, 0.1) is 5.92 Å². The van der Waals surface area contributed by atoms with E-state index in [1.807, 2.05) is 13.8 Å². The first-order chi connectivity index (χ1) is 53.1. The molecule has 35 nitrogen and oxygen atoms in total. The van der Waals surface area contributed by atoms with E-state index in [4.69, 9.17) is 67.5 Å². The number of carboxylic acid groups (broad SMARTS) is 1. The summed E-state index contributed by atoms with van der Waals surface area (Å²) in [5.74, 6) is -16.1. The van der Waals surface area contributed by atoms with Crippen molar-refractivity contribution in [3.63, 3.8) is 0 Å². The Morgan fingerprint density at radius 2 is 1.35 bits per heavy atom. The summed E-state index contributed by atoms with van der Waals surface area (Å²) in [6.07, 6.45) is -18.4. The zero-order valence-corrected chi connectivity index (χ0v) is 62.3. The summed E-state index contributed by atoms with van der Waals surface area (Å²) in [7, 11) is 1.48. The summed E-state index contributed by atoms with van der Waals surface area (Å²) in [5.41, 5.74) is 8.74. The highest BCUT2D eigenvalue weighted by atomic mass is 35.5. The molecule has 38 heteroatoms. The van der Waals surface area contributed by atoms with Crippen molar-refractivity contribution in [1.29, 1.82) is 0 Å². The number of ether oxygens (including phenoxy) is 6. The molecule has 0 radical (unpaired) electrons. The molecule has 1 aromatic heterocycles. The fourth-order valence-corrected chi connectivity index (χ4v) is 14.9. The molecule has 2 saturated heterocycles.